The molecule has 0 N–H and O–H groups in total. The van der Waals surface area contributed by atoms with E-state index in [0.29, 0.717) is 5.56 Å². The second-order valence-corrected chi connectivity index (χ2v) is 9.56. The third-order valence-electron chi connectivity index (χ3n) is 7.38. The van der Waals surface area contributed by atoms with E-state index >= 15 is 0 Å². The Morgan fingerprint density at radius 1 is 0.871 bits per heavy atom. The second kappa shape index (κ2) is 9.38. The third kappa shape index (κ3) is 4.92. The smallest absolute Gasteiger partial charge is 0.128 e. The third-order valence-corrected chi connectivity index (χ3v) is 7.38. The summed E-state index contributed by atoms with van der Waals surface area (Å²) in [5.41, 5.74) is 3.64. The standard InChI is InChI=1S/C26H33N5/c27-17-22-5-8-26(28-18-22)31-13-11-30(12-14-31)20-23-15-25(16-23)24-6-3-21(4-7-24)19-29-9-1-2-10-29/h3-8,18,23,25H,1-2,9-16,19-20H2/t23-,25-. The summed E-state index contributed by atoms with van der Waals surface area (Å²) in [6.45, 7) is 9.15. The van der Waals surface area contributed by atoms with Crippen molar-refractivity contribution in [2.45, 2.75) is 38.1 Å². The maximum Gasteiger partial charge on any atom is 0.128 e. The van der Waals surface area contributed by atoms with Gasteiger partial charge in [-0.3, -0.25) is 9.80 Å². The van der Waals surface area contributed by atoms with Crippen LogP contribution in [0.4, 0.5) is 5.82 Å². The van der Waals surface area contributed by atoms with E-state index in [1.54, 1.807) is 6.20 Å². The van der Waals surface area contributed by atoms with Crippen LogP contribution in [0.3, 0.4) is 0 Å². The van der Waals surface area contributed by atoms with Crippen molar-refractivity contribution in [3.05, 3.63) is 59.3 Å². The quantitative estimate of drug-likeness (QED) is 0.717. The lowest BCUT2D eigenvalue weighted by molar-refractivity contribution is 0.152. The van der Waals surface area contributed by atoms with Crippen molar-refractivity contribution in [1.29, 1.82) is 5.26 Å². The Bertz CT molecular complexity index is 881. The van der Waals surface area contributed by atoms with E-state index in [2.05, 4.69) is 50.0 Å². The largest absolute Gasteiger partial charge is 0.354 e. The number of anilines is 1. The van der Waals surface area contributed by atoms with Gasteiger partial charge in [-0.25, -0.2) is 4.98 Å². The van der Waals surface area contributed by atoms with Crippen LogP contribution in [0.25, 0.3) is 0 Å². The fourth-order valence-corrected chi connectivity index (χ4v) is 5.42. The van der Waals surface area contributed by atoms with E-state index in [9.17, 15) is 0 Å². The number of hydrogen-bond acceptors (Lipinski definition) is 5. The van der Waals surface area contributed by atoms with Crippen LogP contribution in [-0.4, -0.2) is 60.6 Å². The summed E-state index contributed by atoms with van der Waals surface area (Å²) < 4.78 is 0. The molecule has 2 saturated heterocycles. The molecule has 2 aliphatic heterocycles. The molecule has 3 heterocycles. The van der Waals surface area contributed by atoms with Gasteiger partial charge in [-0.15, -0.1) is 0 Å². The maximum atomic E-state index is 8.93. The molecular weight excluding hydrogens is 382 g/mol. The molecular formula is C26H33N5. The van der Waals surface area contributed by atoms with Crippen LogP contribution < -0.4 is 4.90 Å². The molecule has 5 rings (SSSR count). The second-order valence-electron chi connectivity index (χ2n) is 9.56. The van der Waals surface area contributed by atoms with Gasteiger partial charge in [0.15, 0.2) is 0 Å². The fourth-order valence-electron chi connectivity index (χ4n) is 5.42. The molecule has 1 aliphatic carbocycles. The summed E-state index contributed by atoms with van der Waals surface area (Å²) >= 11 is 0. The van der Waals surface area contributed by atoms with Crippen LogP contribution in [0.15, 0.2) is 42.6 Å². The molecule has 3 aliphatic rings. The maximum absolute atomic E-state index is 8.93. The highest BCUT2D eigenvalue weighted by atomic mass is 15.3. The predicted octanol–water partition coefficient (Wildman–Crippen LogP) is 3.86. The van der Waals surface area contributed by atoms with E-state index in [-0.39, 0.29) is 0 Å². The SMILES string of the molecule is N#Cc1ccc(N2CCN(C[C@H]3C[C@H](c4ccc(CN5CCCC5)cc4)C3)CC2)nc1. The zero-order valence-electron chi connectivity index (χ0n) is 18.4. The Morgan fingerprint density at radius 3 is 2.26 bits per heavy atom. The summed E-state index contributed by atoms with van der Waals surface area (Å²) in [6.07, 6.45) is 7.08. The molecule has 0 unspecified atom stereocenters. The molecule has 5 heteroatoms. The van der Waals surface area contributed by atoms with E-state index in [0.717, 1.165) is 50.4 Å². The van der Waals surface area contributed by atoms with Gasteiger partial charge in [0.1, 0.15) is 11.9 Å². The molecule has 0 bridgehead atoms. The number of likely N-dealkylation sites (tertiary alicyclic amines) is 1. The molecule has 1 aromatic heterocycles. The zero-order chi connectivity index (χ0) is 21.0. The number of hydrogen-bond donors (Lipinski definition) is 0. The zero-order valence-corrected chi connectivity index (χ0v) is 18.4. The summed E-state index contributed by atoms with van der Waals surface area (Å²) in [6, 6.07) is 15.5. The van der Waals surface area contributed by atoms with E-state index < -0.39 is 0 Å². The van der Waals surface area contributed by atoms with Crippen molar-refractivity contribution in [3.8, 4) is 6.07 Å². The molecule has 0 amide bonds. The molecule has 0 atom stereocenters. The monoisotopic (exact) mass is 415 g/mol. The van der Waals surface area contributed by atoms with Gasteiger partial charge in [0, 0.05) is 45.5 Å². The molecule has 3 fully saturated rings. The number of rotatable bonds is 6. The van der Waals surface area contributed by atoms with Gasteiger partial charge < -0.3 is 4.90 Å². The minimum atomic E-state index is 0.628. The van der Waals surface area contributed by atoms with Crippen LogP contribution in [0.5, 0.6) is 0 Å². The average Bonchev–Trinajstić information content (AvgIpc) is 3.30. The minimum Gasteiger partial charge on any atom is -0.354 e. The molecule has 1 aromatic carbocycles. The Kier molecular flexibility index (Phi) is 6.20. The molecule has 5 nitrogen and oxygen atoms in total. The molecule has 1 saturated carbocycles. The van der Waals surface area contributed by atoms with Crippen molar-refractivity contribution in [2.75, 3.05) is 50.7 Å². The first-order valence-corrected chi connectivity index (χ1v) is 11.9. The van der Waals surface area contributed by atoms with Gasteiger partial charge in [0.25, 0.3) is 0 Å². The van der Waals surface area contributed by atoms with E-state index in [1.165, 1.54) is 56.4 Å². The van der Waals surface area contributed by atoms with Crippen LogP contribution in [-0.2, 0) is 6.54 Å². The van der Waals surface area contributed by atoms with Crippen molar-refractivity contribution in [1.82, 2.24) is 14.8 Å². The molecule has 0 radical (unpaired) electrons. The van der Waals surface area contributed by atoms with Crippen molar-refractivity contribution >= 4 is 5.82 Å². The Morgan fingerprint density at radius 2 is 1.61 bits per heavy atom. The van der Waals surface area contributed by atoms with Gasteiger partial charge in [0.05, 0.1) is 5.56 Å². The van der Waals surface area contributed by atoms with Crippen LogP contribution in [0.1, 0.15) is 48.3 Å². The lowest BCUT2D eigenvalue weighted by atomic mass is 9.71. The number of pyridine rings is 1. The molecule has 2 aromatic rings. The predicted molar refractivity (Wildman–Crippen MR) is 124 cm³/mol. The highest BCUT2D eigenvalue weighted by Crippen LogP contribution is 2.42. The van der Waals surface area contributed by atoms with Gasteiger partial charge >= 0.3 is 0 Å². The molecule has 162 valence electrons. The molecule has 31 heavy (non-hydrogen) atoms. The first-order chi connectivity index (χ1) is 15.3. The van der Waals surface area contributed by atoms with Gasteiger partial charge in [0.2, 0.25) is 0 Å². The Balaban J connectivity index is 1.04. The summed E-state index contributed by atoms with van der Waals surface area (Å²) in [4.78, 5) is 12.0. The normalized spacial score (nSPS) is 24.7. The van der Waals surface area contributed by atoms with Crippen molar-refractivity contribution in [2.24, 2.45) is 5.92 Å². The molecule has 0 spiro atoms. The summed E-state index contributed by atoms with van der Waals surface area (Å²) in [5, 5.41) is 8.93. The van der Waals surface area contributed by atoms with Crippen molar-refractivity contribution < 1.29 is 0 Å². The van der Waals surface area contributed by atoms with Crippen LogP contribution >= 0.6 is 0 Å². The van der Waals surface area contributed by atoms with Crippen LogP contribution in [0.2, 0.25) is 0 Å². The van der Waals surface area contributed by atoms with E-state index in [4.69, 9.17) is 5.26 Å². The Hall–Kier alpha value is -2.42. The van der Waals surface area contributed by atoms with Crippen molar-refractivity contribution in [3.63, 3.8) is 0 Å². The fraction of sp³-hybridized carbons (Fsp3) is 0.538. The average molecular weight is 416 g/mol. The number of nitriles is 1. The summed E-state index contributed by atoms with van der Waals surface area (Å²) in [7, 11) is 0. The topological polar surface area (TPSA) is 46.4 Å². The first kappa shape index (κ1) is 20.5. The Labute approximate surface area is 186 Å². The lowest BCUT2D eigenvalue weighted by Gasteiger charge is -2.42. The number of aromatic nitrogens is 1. The first-order valence-electron chi connectivity index (χ1n) is 11.9. The number of benzene rings is 1. The lowest BCUT2D eigenvalue weighted by Crippen LogP contribution is -2.49. The minimum absolute atomic E-state index is 0.628. The van der Waals surface area contributed by atoms with Gasteiger partial charge in [-0.05, 0) is 73.9 Å². The highest BCUT2D eigenvalue weighted by molar-refractivity contribution is 5.42. The van der Waals surface area contributed by atoms with Gasteiger partial charge in [-0.2, -0.15) is 5.26 Å². The van der Waals surface area contributed by atoms with E-state index in [1.807, 2.05) is 12.1 Å². The number of nitrogens with zero attached hydrogens (tertiary/aromatic N) is 5. The number of piperazine rings is 1. The highest BCUT2D eigenvalue weighted by Gasteiger charge is 2.32. The van der Waals surface area contributed by atoms with Gasteiger partial charge in [-0.1, -0.05) is 24.3 Å². The summed E-state index contributed by atoms with van der Waals surface area (Å²) in [5.74, 6) is 2.60. The van der Waals surface area contributed by atoms with Crippen LogP contribution in [0, 0.1) is 17.2 Å².